The number of halogens is 2. The summed E-state index contributed by atoms with van der Waals surface area (Å²) in [5.41, 5.74) is 0. The molecule has 7 heteroatoms. The van der Waals surface area contributed by atoms with Crippen molar-refractivity contribution in [3.05, 3.63) is 91.0 Å². The van der Waals surface area contributed by atoms with Gasteiger partial charge in [-0.1, -0.05) is 54.6 Å². The second kappa shape index (κ2) is 10.00. The number of hydrogen-bond acceptors (Lipinski definition) is 4. The normalized spacial score (nSPS) is 9.92. The maximum absolute atomic E-state index is 13.1. The van der Waals surface area contributed by atoms with Crippen molar-refractivity contribution >= 4 is 32.6 Å². The van der Waals surface area contributed by atoms with Crippen LogP contribution < -0.4 is 13.6 Å². The van der Waals surface area contributed by atoms with E-state index in [0.29, 0.717) is 17.2 Å². The molecule has 3 aromatic carbocycles. The van der Waals surface area contributed by atoms with Crippen molar-refractivity contribution in [3.8, 4) is 17.2 Å². The summed E-state index contributed by atoms with van der Waals surface area (Å²) in [6.07, 6.45) is 0. The maximum atomic E-state index is 13.1. The van der Waals surface area contributed by atoms with Crippen LogP contribution in [0, 0.1) is 0 Å². The molecule has 132 valence electrons. The van der Waals surface area contributed by atoms with E-state index in [2.05, 4.69) is 0 Å². The van der Waals surface area contributed by atoms with Crippen LogP contribution in [0.5, 0.6) is 17.2 Å². The molecule has 0 N–H and O–H groups in total. The number of phosphoric ester groups is 1. The van der Waals surface area contributed by atoms with Crippen molar-refractivity contribution in [1.82, 2.24) is 0 Å². The van der Waals surface area contributed by atoms with Crippen molar-refractivity contribution in [3.63, 3.8) is 0 Å². The van der Waals surface area contributed by atoms with Gasteiger partial charge < -0.3 is 13.6 Å². The van der Waals surface area contributed by atoms with E-state index in [4.69, 9.17) is 13.6 Å². The van der Waals surface area contributed by atoms with Crippen molar-refractivity contribution < 1.29 is 18.1 Å². The fourth-order valence-corrected chi connectivity index (χ4v) is 3.14. The Labute approximate surface area is 159 Å². The molecule has 0 heterocycles. The molecule has 0 radical (unpaired) electrons. The van der Waals surface area contributed by atoms with Crippen molar-refractivity contribution in [2.45, 2.75) is 0 Å². The van der Waals surface area contributed by atoms with Gasteiger partial charge in [0.05, 0.1) is 0 Å². The van der Waals surface area contributed by atoms with E-state index in [9.17, 15) is 4.57 Å². The van der Waals surface area contributed by atoms with Gasteiger partial charge in [-0.25, -0.2) is 0 Å². The smallest absolute Gasteiger partial charge is 0.386 e. The Kier molecular flexibility index (Phi) is 8.36. The lowest BCUT2D eigenvalue weighted by Crippen LogP contribution is -2.07. The first-order valence-electron chi connectivity index (χ1n) is 7.07. The SMILES string of the molecule is Cl.Cl.O=P(Oc1ccccc1)(Oc1ccccc1)Oc1ccccc1. The topological polar surface area (TPSA) is 44.8 Å². The van der Waals surface area contributed by atoms with Crippen LogP contribution in [0.1, 0.15) is 0 Å². The van der Waals surface area contributed by atoms with E-state index < -0.39 is 7.82 Å². The first-order valence-corrected chi connectivity index (χ1v) is 8.54. The summed E-state index contributed by atoms with van der Waals surface area (Å²) in [6.45, 7) is 0. The van der Waals surface area contributed by atoms with Crippen LogP contribution in [0.15, 0.2) is 91.0 Å². The molecule has 0 spiro atoms. The highest BCUT2D eigenvalue weighted by molar-refractivity contribution is 7.49. The maximum Gasteiger partial charge on any atom is 0.647 e. The average Bonchev–Trinajstić information content (AvgIpc) is 2.57. The van der Waals surface area contributed by atoms with Gasteiger partial charge in [-0.2, -0.15) is 4.57 Å². The van der Waals surface area contributed by atoms with Gasteiger partial charge in [-0.15, -0.1) is 24.8 Å². The van der Waals surface area contributed by atoms with Gasteiger partial charge in [0, 0.05) is 0 Å². The molecular formula is C18H17Cl2O4P. The monoisotopic (exact) mass is 398 g/mol. The molecule has 0 aliphatic rings. The molecular weight excluding hydrogens is 382 g/mol. The Hall–Kier alpha value is -2.13. The fraction of sp³-hybridized carbons (Fsp3) is 0. The lowest BCUT2D eigenvalue weighted by Gasteiger charge is -2.19. The van der Waals surface area contributed by atoms with Crippen LogP contribution in [-0.2, 0) is 4.57 Å². The summed E-state index contributed by atoms with van der Waals surface area (Å²) >= 11 is 0. The second-order valence-electron chi connectivity index (χ2n) is 4.66. The third-order valence-corrected chi connectivity index (χ3v) is 4.18. The van der Waals surface area contributed by atoms with Crippen molar-refractivity contribution in [1.29, 1.82) is 0 Å². The molecule has 3 rings (SSSR count). The Balaban J connectivity index is 0.00000156. The second-order valence-corrected chi connectivity index (χ2v) is 6.10. The average molecular weight is 399 g/mol. The first kappa shape index (κ1) is 20.9. The van der Waals surface area contributed by atoms with Crippen LogP contribution in [0.3, 0.4) is 0 Å². The molecule has 0 atom stereocenters. The summed E-state index contributed by atoms with van der Waals surface area (Å²) in [6, 6.07) is 26.4. The minimum Gasteiger partial charge on any atom is -0.386 e. The van der Waals surface area contributed by atoms with Crippen molar-refractivity contribution in [2.75, 3.05) is 0 Å². The largest absolute Gasteiger partial charge is 0.647 e. The molecule has 0 saturated carbocycles. The molecule has 0 aliphatic carbocycles. The first-order chi connectivity index (χ1) is 11.2. The highest BCUT2D eigenvalue weighted by atomic mass is 35.5. The van der Waals surface area contributed by atoms with Crippen LogP contribution >= 0.6 is 32.6 Å². The lowest BCUT2D eigenvalue weighted by atomic mass is 10.3. The quantitative estimate of drug-likeness (QED) is 0.465. The summed E-state index contributed by atoms with van der Waals surface area (Å²) in [4.78, 5) is 0. The van der Waals surface area contributed by atoms with Crippen molar-refractivity contribution in [2.24, 2.45) is 0 Å². The Morgan fingerprint density at radius 3 is 0.960 bits per heavy atom. The summed E-state index contributed by atoms with van der Waals surface area (Å²) in [7, 11) is -3.89. The van der Waals surface area contributed by atoms with Gasteiger partial charge >= 0.3 is 7.82 Å². The van der Waals surface area contributed by atoms with Gasteiger partial charge in [-0.3, -0.25) is 0 Å². The molecule has 3 aromatic rings. The van der Waals surface area contributed by atoms with Gasteiger partial charge in [0.15, 0.2) is 0 Å². The standard InChI is InChI=1S/C18H15O4P.2ClH/c19-23(20-16-10-4-1-5-11-16,21-17-12-6-2-7-13-17)22-18-14-8-3-9-15-18;;/h1-15H;2*1H. The number of para-hydroxylation sites is 3. The third-order valence-electron chi connectivity index (χ3n) is 2.88. The molecule has 4 nitrogen and oxygen atoms in total. The Morgan fingerprint density at radius 2 is 0.720 bits per heavy atom. The summed E-state index contributed by atoms with van der Waals surface area (Å²) in [5.74, 6) is 1.22. The van der Waals surface area contributed by atoms with E-state index in [-0.39, 0.29) is 24.8 Å². The summed E-state index contributed by atoms with van der Waals surface area (Å²) in [5, 5.41) is 0. The number of hydrogen-bond donors (Lipinski definition) is 0. The molecule has 25 heavy (non-hydrogen) atoms. The van der Waals surface area contributed by atoms with Crippen LogP contribution in [-0.4, -0.2) is 0 Å². The number of benzene rings is 3. The van der Waals surface area contributed by atoms with Gasteiger partial charge in [0.2, 0.25) is 0 Å². The van der Waals surface area contributed by atoms with Gasteiger partial charge in [0.1, 0.15) is 17.2 Å². The predicted octanol–water partition coefficient (Wildman–Crippen LogP) is 6.18. The molecule has 0 aliphatic heterocycles. The zero-order valence-corrected chi connectivity index (χ0v) is 15.6. The van der Waals surface area contributed by atoms with E-state index in [1.807, 2.05) is 18.2 Å². The van der Waals surface area contributed by atoms with Gasteiger partial charge in [-0.05, 0) is 36.4 Å². The molecule has 0 saturated heterocycles. The van der Waals surface area contributed by atoms with E-state index in [1.165, 1.54) is 0 Å². The Morgan fingerprint density at radius 1 is 0.480 bits per heavy atom. The van der Waals surface area contributed by atoms with E-state index in [1.54, 1.807) is 72.8 Å². The van der Waals surface area contributed by atoms with E-state index >= 15 is 0 Å². The van der Waals surface area contributed by atoms with Crippen LogP contribution in [0.25, 0.3) is 0 Å². The predicted molar refractivity (Wildman–Crippen MR) is 103 cm³/mol. The Bertz CT molecular complexity index is 678. The summed E-state index contributed by atoms with van der Waals surface area (Å²) < 4.78 is 29.6. The number of rotatable bonds is 6. The van der Waals surface area contributed by atoms with Gasteiger partial charge in [0.25, 0.3) is 0 Å². The zero-order chi connectivity index (χ0) is 16.0. The zero-order valence-electron chi connectivity index (χ0n) is 13.1. The fourth-order valence-electron chi connectivity index (χ4n) is 1.89. The van der Waals surface area contributed by atoms with Crippen LogP contribution in [0.4, 0.5) is 0 Å². The number of phosphoric acid groups is 1. The lowest BCUT2D eigenvalue weighted by molar-refractivity contribution is 0.298. The molecule has 0 amide bonds. The molecule has 0 bridgehead atoms. The highest BCUT2D eigenvalue weighted by Gasteiger charge is 2.33. The minimum atomic E-state index is -3.89. The third kappa shape index (κ3) is 6.35. The molecule has 0 unspecified atom stereocenters. The molecule has 0 fully saturated rings. The van der Waals surface area contributed by atoms with E-state index in [0.717, 1.165) is 0 Å². The highest BCUT2D eigenvalue weighted by Crippen LogP contribution is 2.49. The minimum absolute atomic E-state index is 0. The molecule has 0 aromatic heterocycles. The van der Waals surface area contributed by atoms with Crippen LogP contribution in [0.2, 0.25) is 0 Å².